The average Bonchev–Trinajstić information content (AvgIpc) is 2.27. The van der Waals surface area contributed by atoms with Crippen LogP contribution in [0.1, 0.15) is 31.2 Å². The minimum atomic E-state index is -1.40. The molecule has 3 nitrogen and oxygen atoms in total. The zero-order valence-corrected chi connectivity index (χ0v) is 10.0. The van der Waals surface area contributed by atoms with Crippen molar-refractivity contribution in [2.75, 3.05) is 6.61 Å². The molecule has 0 heterocycles. The molecular formula is C13H19BO3. The van der Waals surface area contributed by atoms with E-state index >= 15 is 0 Å². The molecule has 2 rings (SSSR count). The molecule has 0 unspecified atom stereocenters. The van der Waals surface area contributed by atoms with E-state index in [0.29, 0.717) is 12.1 Å². The van der Waals surface area contributed by atoms with E-state index in [-0.39, 0.29) is 0 Å². The van der Waals surface area contributed by atoms with E-state index in [9.17, 15) is 0 Å². The molecule has 0 bridgehead atoms. The van der Waals surface area contributed by atoms with Crippen molar-refractivity contribution in [1.82, 2.24) is 0 Å². The molecule has 0 saturated heterocycles. The predicted molar refractivity (Wildman–Crippen MR) is 67.9 cm³/mol. The Kier molecular flexibility index (Phi) is 4.60. The molecule has 0 radical (unpaired) electrons. The van der Waals surface area contributed by atoms with Crippen LogP contribution in [0.4, 0.5) is 0 Å². The summed E-state index contributed by atoms with van der Waals surface area (Å²) in [6, 6.07) is 7.23. The minimum absolute atomic E-state index is 0.519. The van der Waals surface area contributed by atoms with Crippen molar-refractivity contribution < 1.29 is 14.8 Å². The summed E-state index contributed by atoms with van der Waals surface area (Å²) in [5, 5.41) is 18.1. The fourth-order valence-corrected chi connectivity index (χ4v) is 2.06. The predicted octanol–water partition coefficient (Wildman–Crippen LogP) is 1.07. The Bertz CT molecular complexity index is 350. The minimum Gasteiger partial charge on any atom is -0.423 e. The number of ether oxygens (including phenoxy) is 1. The summed E-state index contributed by atoms with van der Waals surface area (Å²) in [4.78, 5) is 0. The van der Waals surface area contributed by atoms with Gasteiger partial charge in [-0.3, -0.25) is 0 Å². The largest absolute Gasteiger partial charge is 0.488 e. The van der Waals surface area contributed by atoms with Crippen LogP contribution in [0, 0.1) is 5.92 Å². The van der Waals surface area contributed by atoms with E-state index in [1.54, 1.807) is 12.1 Å². The highest BCUT2D eigenvalue weighted by Gasteiger charge is 2.16. The molecule has 0 aliphatic heterocycles. The van der Waals surface area contributed by atoms with Gasteiger partial charge in [-0.05, 0) is 23.4 Å². The number of hydrogen-bond donors (Lipinski definition) is 2. The molecule has 0 spiro atoms. The second-order valence-corrected chi connectivity index (χ2v) is 4.76. The first-order chi connectivity index (χ1) is 8.25. The van der Waals surface area contributed by atoms with Crippen LogP contribution in [-0.4, -0.2) is 23.8 Å². The smallest absolute Gasteiger partial charge is 0.423 e. The fourth-order valence-electron chi connectivity index (χ4n) is 2.06. The molecule has 1 aromatic carbocycles. The molecule has 4 heteroatoms. The van der Waals surface area contributed by atoms with Gasteiger partial charge in [0.25, 0.3) is 0 Å². The van der Waals surface area contributed by atoms with Crippen LogP contribution in [-0.2, 0) is 11.3 Å². The summed E-state index contributed by atoms with van der Waals surface area (Å²) in [6.45, 7) is 1.35. The second kappa shape index (κ2) is 6.19. The van der Waals surface area contributed by atoms with E-state index in [4.69, 9.17) is 14.8 Å². The van der Waals surface area contributed by atoms with Crippen LogP contribution in [0.3, 0.4) is 0 Å². The van der Waals surface area contributed by atoms with E-state index in [2.05, 4.69) is 0 Å². The lowest BCUT2D eigenvalue weighted by Crippen LogP contribution is -2.29. The third kappa shape index (κ3) is 3.84. The molecule has 92 valence electrons. The first-order valence-corrected chi connectivity index (χ1v) is 6.28. The maximum absolute atomic E-state index is 9.05. The molecule has 1 aromatic rings. The molecule has 2 N–H and O–H groups in total. The van der Waals surface area contributed by atoms with E-state index < -0.39 is 7.12 Å². The highest BCUT2D eigenvalue weighted by Crippen LogP contribution is 2.29. The van der Waals surface area contributed by atoms with Crippen molar-refractivity contribution in [1.29, 1.82) is 0 Å². The Labute approximate surface area is 103 Å². The highest BCUT2D eigenvalue weighted by atomic mass is 16.5. The Balaban J connectivity index is 1.72. The van der Waals surface area contributed by atoms with E-state index in [0.717, 1.165) is 24.5 Å². The van der Waals surface area contributed by atoms with Gasteiger partial charge in [0.2, 0.25) is 0 Å². The van der Waals surface area contributed by atoms with Crippen molar-refractivity contribution in [2.24, 2.45) is 5.92 Å². The molecule has 1 aliphatic rings. The highest BCUT2D eigenvalue weighted by molar-refractivity contribution is 6.58. The molecule has 1 saturated carbocycles. The maximum Gasteiger partial charge on any atom is 0.488 e. The topological polar surface area (TPSA) is 49.7 Å². The van der Waals surface area contributed by atoms with Crippen molar-refractivity contribution in [3.8, 4) is 0 Å². The summed E-state index contributed by atoms with van der Waals surface area (Å²) in [5.74, 6) is 0.876. The van der Waals surface area contributed by atoms with Crippen LogP contribution in [0.2, 0.25) is 0 Å². The zero-order valence-electron chi connectivity index (χ0n) is 10.0. The van der Waals surface area contributed by atoms with Gasteiger partial charge in [-0.2, -0.15) is 0 Å². The number of benzene rings is 1. The lowest BCUT2D eigenvalue weighted by Gasteiger charge is -2.24. The molecule has 0 atom stereocenters. The maximum atomic E-state index is 9.05. The Morgan fingerprint density at radius 3 is 2.76 bits per heavy atom. The van der Waals surface area contributed by atoms with Gasteiger partial charge < -0.3 is 14.8 Å². The van der Waals surface area contributed by atoms with Gasteiger partial charge in [-0.25, -0.2) is 0 Å². The molecule has 1 aliphatic carbocycles. The quantitative estimate of drug-likeness (QED) is 0.571. The second-order valence-electron chi connectivity index (χ2n) is 4.76. The summed E-state index contributed by atoms with van der Waals surface area (Å²) >= 11 is 0. The van der Waals surface area contributed by atoms with Gasteiger partial charge in [0.15, 0.2) is 0 Å². The van der Waals surface area contributed by atoms with Crippen molar-refractivity contribution in [2.45, 2.75) is 32.3 Å². The zero-order chi connectivity index (χ0) is 12.1. The first kappa shape index (κ1) is 12.6. The average molecular weight is 234 g/mol. The third-order valence-electron chi connectivity index (χ3n) is 3.41. The summed E-state index contributed by atoms with van der Waals surface area (Å²) < 4.78 is 5.60. The normalized spacial score (nSPS) is 15.6. The first-order valence-electron chi connectivity index (χ1n) is 6.28. The molecule has 1 fully saturated rings. The Hall–Kier alpha value is -0.835. The summed E-state index contributed by atoms with van der Waals surface area (Å²) in [5.41, 5.74) is 1.51. The van der Waals surface area contributed by atoms with Crippen molar-refractivity contribution in [3.05, 3.63) is 29.8 Å². The molecular weight excluding hydrogens is 215 g/mol. The Morgan fingerprint density at radius 2 is 2.12 bits per heavy atom. The number of hydrogen-bond acceptors (Lipinski definition) is 3. The van der Waals surface area contributed by atoms with Crippen molar-refractivity contribution >= 4 is 12.6 Å². The number of rotatable bonds is 6. The standard InChI is InChI=1S/C13H19BO3/c15-14(16)13-6-2-5-12(9-13)10-17-8-7-11-3-1-4-11/h2,5-6,9,11,15-16H,1,3-4,7-8,10H2. The van der Waals surface area contributed by atoms with E-state index in [1.165, 1.54) is 19.3 Å². The fraction of sp³-hybridized carbons (Fsp3) is 0.538. The van der Waals surface area contributed by atoms with Gasteiger partial charge in [-0.1, -0.05) is 43.5 Å². The van der Waals surface area contributed by atoms with Crippen LogP contribution >= 0.6 is 0 Å². The van der Waals surface area contributed by atoms with Gasteiger partial charge in [0.1, 0.15) is 0 Å². The van der Waals surface area contributed by atoms with E-state index in [1.807, 2.05) is 12.1 Å². The monoisotopic (exact) mass is 234 g/mol. The van der Waals surface area contributed by atoms with Gasteiger partial charge in [0.05, 0.1) is 6.61 Å². The third-order valence-corrected chi connectivity index (χ3v) is 3.41. The lowest BCUT2D eigenvalue weighted by molar-refractivity contribution is 0.0950. The summed E-state index contributed by atoms with van der Waals surface area (Å²) in [6.07, 6.45) is 5.24. The van der Waals surface area contributed by atoms with Gasteiger partial charge >= 0.3 is 7.12 Å². The lowest BCUT2D eigenvalue weighted by atomic mass is 9.80. The van der Waals surface area contributed by atoms with Gasteiger partial charge in [-0.15, -0.1) is 0 Å². The van der Waals surface area contributed by atoms with Crippen LogP contribution in [0.15, 0.2) is 24.3 Å². The van der Waals surface area contributed by atoms with Crippen LogP contribution in [0.25, 0.3) is 0 Å². The SMILES string of the molecule is OB(O)c1cccc(COCCC2CCC2)c1. The van der Waals surface area contributed by atoms with Crippen LogP contribution in [0.5, 0.6) is 0 Å². The molecule has 0 aromatic heterocycles. The summed E-state index contributed by atoms with van der Waals surface area (Å²) in [7, 11) is -1.40. The molecule has 0 amide bonds. The molecule has 17 heavy (non-hydrogen) atoms. The van der Waals surface area contributed by atoms with Gasteiger partial charge in [0, 0.05) is 6.61 Å². The Morgan fingerprint density at radius 1 is 1.29 bits per heavy atom. The van der Waals surface area contributed by atoms with Crippen molar-refractivity contribution in [3.63, 3.8) is 0 Å². The van der Waals surface area contributed by atoms with Crippen LogP contribution < -0.4 is 5.46 Å².